The zero-order valence-electron chi connectivity index (χ0n) is 16.5. The Kier molecular flexibility index (Phi) is 8.16. The molecule has 148 valence electrons. The molecule has 0 spiro atoms. The predicted octanol–water partition coefficient (Wildman–Crippen LogP) is 5.39. The van der Waals surface area contributed by atoms with E-state index in [0.717, 1.165) is 24.1 Å². The number of thioether (sulfide) groups is 1. The molecular weight excluding hydrogens is 394 g/mol. The van der Waals surface area contributed by atoms with Crippen molar-refractivity contribution in [1.82, 2.24) is 4.98 Å². The molecule has 1 aromatic carbocycles. The molecule has 1 atom stereocenters. The molecule has 1 aromatic heterocycles. The van der Waals surface area contributed by atoms with E-state index in [1.54, 1.807) is 18.2 Å². The van der Waals surface area contributed by atoms with Crippen molar-refractivity contribution >= 4 is 35.0 Å². The molecule has 0 aliphatic heterocycles. The molecule has 0 radical (unpaired) electrons. The van der Waals surface area contributed by atoms with Gasteiger partial charge in [0, 0.05) is 16.8 Å². The van der Waals surface area contributed by atoms with E-state index < -0.39 is 5.25 Å². The van der Waals surface area contributed by atoms with E-state index in [-0.39, 0.29) is 5.91 Å². The Bertz CT molecular complexity index is 896. The molecule has 0 aliphatic rings. The van der Waals surface area contributed by atoms with Crippen molar-refractivity contribution in [3.8, 4) is 11.8 Å². The van der Waals surface area contributed by atoms with Crippen molar-refractivity contribution in [2.24, 2.45) is 0 Å². The Labute approximate surface area is 175 Å². The normalized spacial score (nSPS) is 11.6. The number of pyridine rings is 1. The number of aryl methyl sites for hydroxylation is 2. The third-order valence-electron chi connectivity index (χ3n) is 4.20. The first kappa shape index (κ1) is 22.1. The maximum atomic E-state index is 12.9. The van der Waals surface area contributed by atoms with Crippen LogP contribution in [0.4, 0.5) is 5.69 Å². The van der Waals surface area contributed by atoms with Crippen LogP contribution >= 0.6 is 23.4 Å². The summed E-state index contributed by atoms with van der Waals surface area (Å²) in [6, 6.07) is 9.28. The summed E-state index contributed by atoms with van der Waals surface area (Å²) in [4.78, 5) is 17.5. The number of ether oxygens (including phenoxy) is 1. The second kappa shape index (κ2) is 10.4. The highest BCUT2D eigenvalue weighted by atomic mass is 35.5. The number of methoxy groups -OCH3 is 1. The summed E-state index contributed by atoms with van der Waals surface area (Å²) in [5.74, 6) is 0.337. The molecule has 0 aliphatic carbocycles. The minimum atomic E-state index is -0.392. The Morgan fingerprint density at radius 1 is 1.39 bits per heavy atom. The molecule has 1 amide bonds. The van der Waals surface area contributed by atoms with Gasteiger partial charge in [0.05, 0.1) is 23.6 Å². The number of aromatic nitrogens is 1. The molecule has 1 heterocycles. The molecule has 0 bridgehead atoms. The molecule has 1 unspecified atom stereocenters. The molecule has 2 aromatic rings. The van der Waals surface area contributed by atoms with Gasteiger partial charge in [-0.15, -0.1) is 0 Å². The van der Waals surface area contributed by atoms with Crippen LogP contribution in [0.2, 0.25) is 5.02 Å². The SMILES string of the molecule is CCCc1ccc(C#N)c(SC(CC)C(=O)Nc2cc(C)c(Cl)cc2OC)n1. The van der Waals surface area contributed by atoms with Crippen LogP contribution in [0.3, 0.4) is 0 Å². The predicted molar refractivity (Wildman–Crippen MR) is 114 cm³/mol. The summed E-state index contributed by atoms with van der Waals surface area (Å²) in [5, 5.41) is 13.1. The average Bonchev–Trinajstić information content (AvgIpc) is 2.69. The number of nitriles is 1. The van der Waals surface area contributed by atoms with Gasteiger partial charge in [-0.3, -0.25) is 4.79 Å². The molecule has 5 nitrogen and oxygen atoms in total. The minimum absolute atomic E-state index is 0.167. The quantitative estimate of drug-likeness (QED) is 0.583. The minimum Gasteiger partial charge on any atom is -0.495 e. The molecule has 0 saturated heterocycles. The first-order chi connectivity index (χ1) is 13.4. The Balaban J connectivity index is 2.25. The number of nitrogens with one attached hydrogen (secondary N) is 1. The van der Waals surface area contributed by atoms with Gasteiger partial charge in [-0.05, 0) is 43.5 Å². The number of hydrogen-bond acceptors (Lipinski definition) is 5. The van der Waals surface area contributed by atoms with E-state index >= 15 is 0 Å². The lowest BCUT2D eigenvalue weighted by atomic mass is 10.2. The highest BCUT2D eigenvalue weighted by Crippen LogP contribution is 2.33. The van der Waals surface area contributed by atoms with Crippen LogP contribution in [0.15, 0.2) is 29.3 Å². The fraction of sp³-hybridized carbons (Fsp3) is 0.381. The Morgan fingerprint density at radius 2 is 2.14 bits per heavy atom. The second-order valence-electron chi connectivity index (χ2n) is 6.32. The van der Waals surface area contributed by atoms with Gasteiger partial charge < -0.3 is 10.1 Å². The lowest BCUT2D eigenvalue weighted by Crippen LogP contribution is -2.25. The van der Waals surface area contributed by atoms with Crippen molar-refractivity contribution in [2.75, 3.05) is 12.4 Å². The molecule has 0 saturated carbocycles. The lowest BCUT2D eigenvalue weighted by Gasteiger charge is -2.17. The van der Waals surface area contributed by atoms with E-state index in [1.807, 2.05) is 19.9 Å². The number of amides is 1. The monoisotopic (exact) mass is 417 g/mol. The van der Waals surface area contributed by atoms with Crippen molar-refractivity contribution in [3.63, 3.8) is 0 Å². The molecular formula is C21H24ClN3O2S. The standard InChI is InChI=1S/C21H24ClN3O2S/c1-5-7-15-9-8-14(12-23)21(24-15)28-19(6-2)20(26)25-17-10-13(3)16(22)11-18(17)27-4/h8-11,19H,5-7H2,1-4H3,(H,25,26). The van der Waals surface area contributed by atoms with Crippen LogP contribution in [-0.2, 0) is 11.2 Å². The zero-order chi connectivity index (χ0) is 20.7. The topological polar surface area (TPSA) is 75.0 Å². The molecule has 2 rings (SSSR count). The molecule has 1 N–H and O–H groups in total. The van der Waals surface area contributed by atoms with E-state index in [1.165, 1.54) is 18.9 Å². The van der Waals surface area contributed by atoms with Crippen LogP contribution < -0.4 is 10.1 Å². The Morgan fingerprint density at radius 3 is 2.75 bits per heavy atom. The van der Waals surface area contributed by atoms with Crippen molar-refractivity contribution in [2.45, 2.75) is 50.3 Å². The van der Waals surface area contributed by atoms with Crippen LogP contribution in [-0.4, -0.2) is 23.3 Å². The van der Waals surface area contributed by atoms with E-state index in [2.05, 4.69) is 23.3 Å². The maximum Gasteiger partial charge on any atom is 0.238 e. The first-order valence-electron chi connectivity index (χ1n) is 9.15. The largest absolute Gasteiger partial charge is 0.495 e. The summed E-state index contributed by atoms with van der Waals surface area (Å²) in [6.07, 6.45) is 2.40. The fourth-order valence-electron chi connectivity index (χ4n) is 2.65. The van der Waals surface area contributed by atoms with Crippen molar-refractivity contribution < 1.29 is 9.53 Å². The molecule has 28 heavy (non-hydrogen) atoms. The summed E-state index contributed by atoms with van der Waals surface area (Å²) in [5.41, 5.74) is 2.83. The third kappa shape index (κ3) is 5.40. The lowest BCUT2D eigenvalue weighted by molar-refractivity contribution is -0.115. The van der Waals surface area contributed by atoms with E-state index in [0.29, 0.717) is 33.5 Å². The van der Waals surface area contributed by atoms with Crippen molar-refractivity contribution in [3.05, 3.63) is 46.1 Å². The number of rotatable bonds is 8. The highest BCUT2D eigenvalue weighted by Gasteiger charge is 2.22. The number of benzene rings is 1. The molecule has 0 fully saturated rings. The fourth-order valence-corrected chi connectivity index (χ4v) is 3.82. The number of carbonyl (C=O) groups is 1. The number of carbonyl (C=O) groups excluding carboxylic acids is 1. The van der Waals surface area contributed by atoms with Crippen molar-refractivity contribution in [1.29, 1.82) is 5.26 Å². The van der Waals surface area contributed by atoms with Gasteiger partial charge in [0.15, 0.2) is 0 Å². The summed E-state index contributed by atoms with van der Waals surface area (Å²) in [7, 11) is 1.53. The van der Waals surface area contributed by atoms with Gasteiger partial charge >= 0.3 is 0 Å². The zero-order valence-corrected chi connectivity index (χ0v) is 18.1. The van der Waals surface area contributed by atoms with Gasteiger partial charge in [-0.2, -0.15) is 5.26 Å². The van der Waals surface area contributed by atoms with Gasteiger partial charge in [0.1, 0.15) is 16.8 Å². The highest BCUT2D eigenvalue weighted by molar-refractivity contribution is 8.00. The van der Waals surface area contributed by atoms with Crippen LogP contribution in [0.25, 0.3) is 0 Å². The second-order valence-corrected chi connectivity index (χ2v) is 7.92. The van der Waals surface area contributed by atoms with Gasteiger partial charge in [0.25, 0.3) is 0 Å². The van der Waals surface area contributed by atoms with Crippen LogP contribution in [0.1, 0.15) is 43.5 Å². The van der Waals surface area contributed by atoms with Gasteiger partial charge in [-0.25, -0.2) is 4.98 Å². The molecule has 7 heteroatoms. The van der Waals surface area contributed by atoms with Crippen LogP contribution in [0.5, 0.6) is 5.75 Å². The van der Waals surface area contributed by atoms with Gasteiger partial charge in [-0.1, -0.05) is 43.6 Å². The summed E-state index contributed by atoms with van der Waals surface area (Å²) in [6.45, 7) is 5.88. The number of hydrogen-bond donors (Lipinski definition) is 1. The van der Waals surface area contributed by atoms with E-state index in [4.69, 9.17) is 16.3 Å². The average molecular weight is 418 g/mol. The third-order valence-corrected chi connectivity index (χ3v) is 5.97. The van der Waals surface area contributed by atoms with Crippen LogP contribution in [0, 0.1) is 18.3 Å². The Hall–Kier alpha value is -2.23. The number of halogens is 1. The van der Waals surface area contributed by atoms with Gasteiger partial charge in [0.2, 0.25) is 5.91 Å². The van der Waals surface area contributed by atoms with E-state index in [9.17, 15) is 10.1 Å². The number of anilines is 1. The summed E-state index contributed by atoms with van der Waals surface area (Å²) < 4.78 is 5.33. The summed E-state index contributed by atoms with van der Waals surface area (Å²) >= 11 is 7.45. The number of nitrogens with zero attached hydrogens (tertiary/aromatic N) is 2. The smallest absolute Gasteiger partial charge is 0.238 e. The maximum absolute atomic E-state index is 12.9. The first-order valence-corrected chi connectivity index (χ1v) is 10.4.